The van der Waals surface area contributed by atoms with Crippen LogP contribution in [0.4, 0.5) is 18.9 Å². The van der Waals surface area contributed by atoms with E-state index in [-0.39, 0.29) is 22.9 Å². The summed E-state index contributed by atoms with van der Waals surface area (Å²) in [5.41, 5.74) is 5.50. The van der Waals surface area contributed by atoms with E-state index in [4.69, 9.17) is 10.5 Å². The molecule has 0 aliphatic heterocycles. The molecule has 0 spiro atoms. The Morgan fingerprint density at radius 3 is 2.78 bits per heavy atom. The van der Waals surface area contributed by atoms with Crippen molar-refractivity contribution >= 4 is 5.69 Å². The molecule has 1 aromatic heterocycles. The third-order valence-electron chi connectivity index (χ3n) is 2.42. The Morgan fingerprint density at radius 2 is 2.11 bits per heavy atom. The summed E-state index contributed by atoms with van der Waals surface area (Å²) in [6.07, 6.45) is 2.06. The molecule has 0 saturated carbocycles. The summed E-state index contributed by atoms with van der Waals surface area (Å²) in [7, 11) is 0. The van der Waals surface area contributed by atoms with Crippen molar-refractivity contribution in [1.82, 2.24) is 9.55 Å². The van der Waals surface area contributed by atoms with Gasteiger partial charge in [0.15, 0.2) is 5.82 Å². The molecule has 96 valence electrons. The molecule has 0 bridgehead atoms. The first-order valence-electron chi connectivity index (χ1n) is 5.03. The second-order valence-electron chi connectivity index (χ2n) is 3.61. The topological polar surface area (TPSA) is 53.1 Å². The Hall–Kier alpha value is -2.18. The summed E-state index contributed by atoms with van der Waals surface area (Å²) >= 11 is 0. The van der Waals surface area contributed by atoms with Crippen LogP contribution in [0.2, 0.25) is 0 Å². The van der Waals surface area contributed by atoms with E-state index in [9.17, 15) is 13.2 Å². The van der Waals surface area contributed by atoms with Gasteiger partial charge in [-0.25, -0.2) is 13.9 Å². The van der Waals surface area contributed by atoms with Crippen molar-refractivity contribution in [2.24, 2.45) is 0 Å². The number of hydrogen-bond acceptors (Lipinski definition) is 3. The van der Waals surface area contributed by atoms with Crippen LogP contribution in [0.25, 0.3) is 0 Å². The fourth-order valence-corrected chi connectivity index (χ4v) is 1.43. The van der Waals surface area contributed by atoms with Gasteiger partial charge in [-0.2, -0.15) is 8.78 Å². The van der Waals surface area contributed by atoms with E-state index in [0.717, 1.165) is 12.5 Å². The quantitative estimate of drug-likeness (QED) is 0.859. The zero-order chi connectivity index (χ0) is 13.3. The number of rotatable bonds is 3. The second kappa shape index (κ2) is 4.59. The van der Waals surface area contributed by atoms with Crippen LogP contribution in [-0.4, -0.2) is 9.55 Å². The van der Waals surface area contributed by atoms with Gasteiger partial charge in [0.1, 0.15) is 12.1 Å². The van der Waals surface area contributed by atoms with Crippen molar-refractivity contribution in [3.8, 4) is 11.6 Å². The number of imidazole rings is 1. The molecular formula is C11H10F3N3O. The summed E-state index contributed by atoms with van der Waals surface area (Å²) in [6.45, 7) is -1.33. The number of ether oxygens (including phenoxy) is 1. The summed E-state index contributed by atoms with van der Waals surface area (Å²) in [5, 5.41) is 0. The summed E-state index contributed by atoms with van der Waals surface area (Å²) in [4.78, 5) is 3.55. The lowest BCUT2D eigenvalue weighted by Crippen LogP contribution is -2.01. The number of nitrogen functional groups attached to an aromatic ring is 1. The van der Waals surface area contributed by atoms with Crippen LogP contribution in [0.15, 0.2) is 24.7 Å². The summed E-state index contributed by atoms with van der Waals surface area (Å²) < 4.78 is 44.4. The lowest BCUT2D eigenvalue weighted by molar-refractivity contribution is 0.0634. The Bertz CT molecular complexity index is 569. The first kappa shape index (κ1) is 12.3. The molecule has 0 radical (unpaired) electrons. The highest BCUT2D eigenvalue weighted by atomic mass is 19.3. The van der Waals surface area contributed by atoms with E-state index >= 15 is 0 Å². The molecule has 0 aliphatic carbocycles. The lowest BCUT2D eigenvalue weighted by atomic mass is 10.2. The highest BCUT2D eigenvalue weighted by Gasteiger charge is 2.15. The number of alkyl halides is 2. The Labute approximate surface area is 101 Å². The number of anilines is 1. The maximum Gasteiger partial charge on any atom is 0.322 e. The van der Waals surface area contributed by atoms with Gasteiger partial charge in [-0.05, 0) is 19.1 Å². The summed E-state index contributed by atoms with van der Waals surface area (Å²) in [6, 6.07) is 2.72. The molecule has 0 aliphatic rings. The molecule has 4 nitrogen and oxygen atoms in total. The predicted octanol–water partition coefficient (Wildman–Crippen LogP) is 3.10. The molecule has 0 atom stereocenters. The van der Waals surface area contributed by atoms with E-state index in [1.54, 1.807) is 0 Å². The highest BCUT2D eigenvalue weighted by molar-refractivity contribution is 5.49. The SMILES string of the molecule is Cc1c(Oc2cncn2C(F)F)ccc(N)c1F. The third kappa shape index (κ3) is 2.11. The molecule has 2 aromatic rings. The van der Waals surface area contributed by atoms with Gasteiger partial charge in [0.05, 0.1) is 11.9 Å². The molecular weight excluding hydrogens is 247 g/mol. The first-order valence-corrected chi connectivity index (χ1v) is 5.03. The number of hydrogen-bond donors (Lipinski definition) is 1. The van der Waals surface area contributed by atoms with Crippen LogP contribution in [0.1, 0.15) is 12.1 Å². The molecule has 0 amide bonds. The van der Waals surface area contributed by atoms with E-state index in [0.29, 0.717) is 4.57 Å². The normalized spacial score (nSPS) is 10.9. The zero-order valence-corrected chi connectivity index (χ0v) is 9.40. The van der Waals surface area contributed by atoms with Crippen molar-refractivity contribution in [2.75, 3.05) is 5.73 Å². The fraction of sp³-hybridized carbons (Fsp3) is 0.182. The maximum absolute atomic E-state index is 13.5. The molecule has 1 aromatic carbocycles. The maximum atomic E-state index is 13.5. The monoisotopic (exact) mass is 257 g/mol. The largest absolute Gasteiger partial charge is 0.439 e. The van der Waals surface area contributed by atoms with Gasteiger partial charge in [0.25, 0.3) is 0 Å². The molecule has 0 unspecified atom stereocenters. The summed E-state index contributed by atoms with van der Waals surface area (Å²) in [5.74, 6) is -0.683. The Morgan fingerprint density at radius 1 is 1.39 bits per heavy atom. The van der Waals surface area contributed by atoms with Crippen LogP contribution >= 0.6 is 0 Å². The molecule has 18 heavy (non-hydrogen) atoms. The third-order valence-corrected chi connectivity index (χ3v) is 2.42. The Balaban J connectivity index is 2.35. The van der Waals surface area contributed by atoms with Gasteiger partial charge >= 0.3 is 6.55 Å². The number of aromatic nitrogens is 2. The molecule has 1 heterocycles. The van der Waals surface area contributed by atoms with Crippen LogP contribution in [-0.2, 0) is 0 Å². The predicted molar refractivity (Wildman–Crippen MR) is 59.1 cm³/mol. The smallest absolute Gasteiger partial charge is 0.322 e. The average Bonchev–Trinajstić information content (AvgIpc) is 2.78. The van der Waals surface area contributed by atoms with E-state index in [1.165, 1.54) is 19.1 Å². The second-order valence-corrected chi connectivity index (χ2v) is 3.61. The first-order chi connectivity index (χ1) is 8.50. The van der Waals surface area contributed by atoms with Gasteiger partial charge in [0.2, 0.25) is 5.88 Å². The molecule has 7 heteroatoms. The van der Waals surface area contributed by atoms with Crippen LogP contribution in [0.5, 0.6) is 11.6 Å². The molecule has 0 fully saturated rings. The Kier molecular flexibility index (Phi) is 3.14. The lowest BCUT2D eigenvalue weighted by Gasteiger charge is -2.11. The van der Waals surface area contributed by atoms with Crippen molar-refractivity contribution in [2.45, 2.75) is 13.5 Å². The average molecular weight is 257 g/mol. The van der Waals surface area contributed by atoms with Crippen molar-refractivity contribution < 1.29 is 17.9 Å². The van der Waals surface area contributed by atoms with Gasteiger partial charge < -0.3 is 10.5 Å². The van der Waals surface area contributed by atoms with E-state index in [2.05, 4.69) is 4.98 Å². The molecule has 0 saturated heterocycles. The standard InChI is InChI=1S/C11H10F3N3O/c1-6-8(3-2-7(15)10(6)12)18-9-4-16-5-17(9)11(13)14/h2-5,11H,15H2,1H3. The number of halogens is 3. The van der Waals surface area contributed by atoms with Gasteiger partial charge in [-0.3, -0.25) is 0 Å². The zero-order valence-electron chi connectivity index (χ0n) is 9.40. The minimum atomic E-state index is -2.78. The molecule has 2 rings (SSSR count). The van der Waals surface area contributed by atoms with Gasteiger partial charge in [0, 0.05) is 5.56 Å². The van der Waals surface area contributed by atoms with E-state index < -0.39 is 12.4 Å². The van der Waals surface area contributed by atoms with Crippen LogP contribution < -0.4 is 10.5 Å². The molecule has 2 N–H and O–H groups in total. The number of benzene rings is 1. The number of nitrogens with two attached hydrogens (primary N) is 1. The fourth-order valence-electron chi connectivity index (χ4n) is 1.43. The van der Waals surface area contributed by atoms with Crippen molar-refractivity contribution in [1.29, 1.82) is 0 Å². The van der Waals surface area contributed by atoms with Crippen LogP contribution in [0.3, 0.4) is 0 Å². The van der Waals surface area contributed by atoms with Gasteiger partial charge in [-0.1, -0.05) is 0 Å². The van der Waals surface area contributed by atoms with Gasteiger partial charge in [-0.15, -0.1) is 0 Å². The highest BCUT2D eigenvalue weighted by Crippen LogP contribution is 2.30. The van der Waals surface area contributed by atoms with Crippen molar-refractivity contribution in [3.05, 3.63) is 36.0 Å². The van der Waals surface area contributed by atoms with Crippen LogP contribution in [0, 0.1) is 12.7 Å². The van der Waals surface area contributed by atoms with E-state index in [1.807, 2.05) is 0 Å². The number of nitrogens with zero attached hydrogens (tertiary/aromatic N) is 2. The minimum absolute atomic E-state index is 0.0257. The minimum Gasteiger partial charge on any atom is -0.439 e. The van der Waals surface area contributed by atoms with Crippen molar-refractivity contribution in [3.63, 3.8) is 0 Å².